The van der Waals surface area contributed by atoms with E-state index in [4.69, 9.17) is 17.2 Å². The molecular formula is C20H38N6O6. The summed E-state index contributed by atoms with van der Waals surface area (Å²) < 4.78 is 0. The minimum atomic E-state index is -1.16. The standard InChI is InChI=1S/C20H38N6O6/c1-11(2)10-15(20(31)32)26-17(28)12(3)24-19(30)14(6-4-5-9-21)25-18(29)13(22)7-8-16(23)27/h11-15H,4-10,21-22H2,1-3H3,(H2,23,27)(H,24,30)(H,25,29)(H,26,28)(H,31,32). The summed E-state index contributed by atoms with van der Waals surface area (Å²) >= 11 is 0. The first kappa shape index (κ1) is 29.3. The molecule has 0 aliphatic heterocycles. The van der Waals surface area contributed by atoms with E-state index in [1.54, 1.807) is 0 Å². The van der Waals surface area contributed by atoms with Crippen LogP contribution >= 0.6 is 0 Å². The van der Waals surface area contributed by atoms with Gasteiger partial charge >= 0.3 is 5.97 Å². The number of carboxylic acids is 1. The number of primary amides is 1. The van der Waals surface area contributed by atoms with Crippen molar-refractivity contribution in [3.8, 4) is 0 Å². The highest BCUT2D eigenvalue weighted by atomic mass is 16.4. The summed E-state index contributed by atoms with van der Waals surface area (Å²) in [5.74, 6) is -3.61. The van der Waals surface area contributed by atoms with Gasteiger partial charge in [-0.15, -0.1) is 0 Å². The van der Waals surface area contributed by atoms with Crippen molar-refractivity contribution in [3.63, 3.8) is 0 Å². The Bertz CT molecular complexity index is 656. The molecule has 12 nitrogen and oxygen atoms in total. The van der Waals surface area contributed by atoms with Crippen LogP contribution in [0.1, 0.15) is 59.3 Å². The molecule has 184 valence electrons. The Balaban J connectivity index is 5.06. The molecule has 0 rings (SSSR count). The number of nitrogens with two attached hydrogens (primary N) is 3. The van der Waals surface area contributed by atoms with Crippen LogP contribution in [-0.4, -0.2) is 65.4 Å². The van der Waals surface area contributed by atoms with Crippen LogP contribution in [0.2, 0.25) is 0 Å². The summed E-state index contributed by atoms with van der Waals surface area (Å²) in [6.07, 6.45) is 1.63. The van der Waals surface area contributed by atoms with E-state index in [0.29, 0.717) is 19.4 Å². The zero-order chi connectivity index (χ0) is 24.8. The highest BCUT2D eigenvalue weighted by Gasteiger charge is 2.28. The van der Waals surface area contributed by atoms with Crippen LogP contribution in [0.25, 0.3) is 0 Å². The Morgan fingerprint density at radius 2 is 1.44 bits per heavy atom. The number of amides is 4. The number of rotatable bonds is 16. The van der Waals surface area contributed by atoms with Crippen LogP contribution < -0.4 is 33.2 Å². The average molecular weight is 459 g/mol. The van der Waals surface area contributed by atoms with Gasteiger partial charge in [0, 0.05) is 6.42 Å². The molecule has 10 N–H and O–H groups in total. The second-order valence-electron chi connectivity index (χ2n) is 8.22. The summed E-state index contributed by atoms with van der Waals surface area (Å²) in [5.41, 5.74) is 16.3. The molecule has 4 unspecified atom stereocenters. The predicted octanol–water partition coefficient (Wildman–Crippen LogP) is -1.69. The van der Waals surface area contributed by atoms with Crippen molar-refractivity contribution in [2.24, 2.45) is 23.1 Å². The van der Waals surface area contributed by atoms with Crippen LogP contribution in [0, 0.1) is 5.92 Å². The van der Waals surface area contributed by atoms with Crippen molar-refractivity contribution < 1.29 is 29.1 Å². The number of hydrogen-bond acceptors (Lipinski definition) is 7. The molecule has 0 spiro atoms. The Kier molecular flexibility index (Phi) is 13.8. The maximum atomic E-state index is 12.7. The van der Waals surface area contributed by atoms with Crippen molar-refractivity contribution in [2.45, 2.75) is 83.5 Å². The molecule has 0 heterocycles. The maximum Gasteiger partial charge on any atom is 0.326 e. The van der Waals surface area contributed by atoms with E-state index in [2.05, 4.69) is 16.0 Å². The number of unbranched alkanes of at least 4 members (excludes halogenated alkanes) is 1. The molecule has 0 saturated heterocycles. The van der Waals surface area contributed by atoms with Crippen molar-refractivity contribution in [3.05, 3.63) is 0 Å². The Morgan fingerprint density at radius 3 is 1.94 bits per heavy atom. The molecule has 0 aromatic rings. The van der Waals surface area contributed by atoms with Crippen molar-refractivity contribution in [2.75, 3.05) is 6.54 Å². The van der Waals surface area contributed by atoms with Gasteiger partial charge in [0.05, 0.1) is 6.04 Å². The summed E-state index contributed by atoms with van der Waals surface area (Å²) in [6, 6.07) is -4.12. The lowest BCUT2D eigenvalue weighted by atomic mass is 10.0. The van der Waals surface area contributed by atoms with Gasteiger partial charge in [0.1, 0.15) is 18.1 Å². The zero-order valence-electron chi connectivity index (χ0n) is 19.1. The van der Waals surface area contributed by atoms with Crippen LogP contribution in [0.4, 0.5) is 0 Å². The van der Waals surface area contributed by atoms with Crippen molar-refractivity contribution >= 4 is 29.6 Å². The third-order valence-electron chi connectivity index (χ3n) is 4.69. The first-order valence-electron chi connectivity index (χ1n) is 10.8. The minimum absolute atomic E-state index is 0.0313. The Labute approximate surface area is 188 Å². The van der Waals surface area contributed by atoms with E-state index < -0.39 is 53.8 Å². The third kappa shape index (κ3) is 12.2. The zero-order valence-corrected chi connectivity index (χ0v) is 19.1. The Hall–Kier alpha value is -2.73. The van der Waals surface area contributed by atoms with E-state index in [1.165, 1.54) is 6.92 Å². The van der Waals surface area contributed by atoms with Gasteiger partial charge in [-0.05, 0) is 51.5 Å². The molecule has 4 amide bonds. The maximum absolute atomic E-state index is 12.7. The number of carbonyl (C=O) groups excluding carboxylic acids is 4. The molecule has 0 aliphatic carbocycles. The Morgan fingerprint density at radius 1 is 0.844 bits per heavy atom. The summed E-state index contributed by atoms with van der Waals surface area (Å²) in [6.45, 7) is 5.48. The SMILES string of the molecule is CC(C)CC(NC(=O)C(C)NC(=O)C(CCCCN)NC(=O)C(N)CCC(N)=O)C(=O)O. The topological polar surface area (TPSA) is 220 Å². The molecule has 0 bridgehead atoms. The van der Waals surface area contributed by atoms with Gasteiger partial charge in [-0.2, -0.15) is 0 Å². The fourth-order valence-corrected chi connectivity index (χ4v) is 2.84. The van der Waals surface area contributed by atoms with Crippen LogP contribution in [0.15, 0.2) is 0 Å². The monoisotopic (exact) mass is 458 g/mol. The molecule has 0 aliphatic rings. The number of hydrogen-bond donors (Lipinski definition) is 7. The molecule has 4 atom stereocenters. The normalized spacial score (nSPS) is 14.7. The highest BCUT2D eigenvalue weighted by Crippen LogP contribution is 2.06. The average Bonchev–Trinajstić information content (AvgIpc) is 2.69. The molecule has 12 heteroatoms. The molecule has 0 fully saturated rings. The van der Waals surface area contributed by atoms with Gasteiger partial charge in [0.25, 0.3) is 0 Å². The first-order chi connectivity index (χ1) is 14.9. The molecule has 0 aromatic carbocycles. The molecule has 32 heavy (non-hydrogen) atoms. The highest BCUT2D eigenvalue weighted by molar-refractivity contribution is 5.94. The van der Waals surface area contributed by atoms with E-state index in [9.17, 15) is 29.1 Å². The molecular weight excluding hydrogens is 420 g/mol. The van der Waals surface area contributed by atoms with Crippen LogP contribution in [0.5, 0.6) is 0 Å². The van der Waals surface area contributed by atoms with Gasteiger partial charge in [0.2, 0.25) is 23.6 Å². The lowest BCUT2D eigenvalue weighted by molar-refractivity contribution is -0.142. The lowest BCUT2D eigenvalue weighted by Crippen LogP contribution is -2.56. The molecule has 0 radical (unpaired) electrons. The largest absolute Gasteiger partial charge is 0.480 e. The quantitative estimate of drug-likeness (QED) is 0.132. The summed E-state index contributed by atoms with van der Waals surface area (Å²) in [4.78, 5) is 59.6. The number of nitrogens with one attached hydrogen (secondary N) is 3. The van der Waals surface area contributed by atoms with Gasteiger partial charge in [0.15, 0.2) is 0 Å². The molecule has 0 aromatic heterocycles. The van der Waals surface area contributed by atoms with Gasteiger partial charge in [-0.1, -0.05) is 13.8 Å². The third-order valence-corrected chi connectivity index (χ3v) is 4.69. The van der Waals surface area contributed by atoms with E-state index in [1.807, 2.05) is 13.8 Å². The van der Waals surface area contributed by atoms with Crippen molar-refractivity contribution in [1.82, 2.24) is 16.0 Å². The number of aliphatic carboxylic acids is 1. The lowest BCUT2D eigenvalue weighted by Gasteiger charge is -2.24. The van der Waals surface area contributed by atoms with E-state index in [-0.39, 0.29) is 31.6 Å². The predicted molar refractivity (Wildman–Crippen MR) is 118 cm³/mol. The van der Waals surface area contributed by atoms with E-state index in [0.717, 1.165) is 0 Å². The second-order valence-corrected chi connectivity index (χ2v) is 8.22. The van der Waals surface area contributed by atoms with Gasteiger partial charge < -0.3 is 38.3 Å². The van der Waals surface area contributed by atoms with Crippen LogP contribution in [-0.2, 0) is 24.0 Å². The fraction of sp³-hybridized carbons (Fsp3) is 0.750. The fourth-order valence-electron chi connectivity index (χ4n) is 2.84. The van der Waals surface area contributed by atoms with Crippen LogP contribution in [0.3, 0.4) is 0 Å². The second kappa shape index (κ2) is 15.1. The number of carbonyl (C=O) groups is 5. The van der Waals surface area contributed by atoms with Crippen molar-refractivity contribution in [1.29, 1.82) is 0 Å². The van der Waals surface area contributed by atoms with E-state index >= 15 is 0 Å². The first-order valence-corrected chi connectivity index (χ1v) is 10.8. The van der Waals surface area contributed by atoms with Gasteiger partial charge in [-0.3, -0.25) is 19.2 Å². The summed E-state index contributed by atoms with van der Waals surface area (Å²) in [7, 11) is 0. The summed E-state index contributed by atoms with van der Waals surface area (Å²) in [5, 5.41) is 16.7. The molecule has 0 saturated carbocycles. The smallest absolute Gasteiger partial charge is 0.326 e. The minimum Gasteiger partial charge on any atom is -0.480 e. The number of carboxylic acid groups (broad SMARTS) is 1. The van der Waals surface area contributed by atoms with Gasteiger partial charge in [-0.25, -0.2) is 4.79 Å².